The fraction of sp³-hybridized carbons (Fsp3) is 0. The standard InChI is InChI=1S/C24H16N6/c1-5-15(23-21(11-1)25-13-27-23)17-7-3-9-19(29-17)20-10-4-8-18(30-20)16-6-2-12-22-24(16)28-14-26-22/h1-14H,(H,25,27)(H,26,28). The van der Waals surface area contributed by atoms with Crippen molar-refractivity contribution in [3.63, 3.8) is 0 Å². The molecule has 6 aromatic rings. The summed E-state index contributed by atoms with van der Waals surface area (Å²) in [6.45, 7) is 0. The summed E-state index contributed by atoms with van der Waals surface area (Å²) in [7, 11) is 0. The molecule has 0 saturated heterocycles. The molecule has 0 radical (unpaired) electrons. The van der Waals surface area contributed by atoms with Gasteiger partial charge in [-0.3, -0.25) is 0 Å². The molecule has 0 atom stereocenters. The van der Waals surface area contributed by atoms with E-state index in [0.717, 1.165) is 56.0 Å². The number of nitrogens with zero attached hydrogens (tertiary/aromatic N) is 4. The zero-order chi connectivity index (χ0) is 19.9. The van der Waals surface area contributed by atoms with Crippen molar-refractivity contribution in [3.8, 4) is 33.9 Å². The van der Waals surface area contributed by atoms with Crippen molar-refractivity contribution in [2.24, 2.45) is 0 Å². The Morgan fingerprint density at radius 1 is 0.467 bits per heavy atom. The number of aromatic nitrogens is 6. The number of fused-ring (bicyclic) bond motifs is 2. The topological polar surface area (TPSA) is 83.1 Å². The molecular formula is C24H16N6. The van der Waals surface area contributed by atoms with Crippen molar-refractivity contribution < 1.29 is 0 Å². The fourth-order valence-electron chi connectivity index (χ4n) is 3.80. The van der Waals surface area contributed by atoms with Crippen LogP contribution in [0, 0.1) is 0 Å². The van der Waals surface area contributed by atoms with Crippen LogP contribution in [-0.2, 0) is 0 Å². The van der Waals surface area contributed by atoms with Crippen LogP contribution in [0.15, 0.2) is 85.5 Å². The lowest BCUT2D eigenvalue weighted by atomic mass is 10.1. The minimum Gasteiger partial charge on any atom is -0.345 e. The highest BCUT2D eigenvalue weighted by Crippen LogP contribution is 2.29. The minimum absolute atomic E-state index is 0.816. The Balaban J connectivity index is 1.46. The minimum atomic E-state index is 0.816. The number of hydrogen-bond acceptors (Lipinski definition) is 4. The summed E-state index contributed by atoms with van der Waals surface area (Å²) in [5.74, 6) is 0. The number of benzene rings is 2. The molecule has 0 aliphatic carbocycles. The molecule has 0 fully saturated rings. The number of aromatic amines is 2. The van der Waals surface area contributed by atoms with Crippen LogP contribution in [0.2, 0.25) is 0 Å². The van der Waals surface area contributed by atoms with Crippen molar-refractivity contribution in [2.75, 3.05) is 0 Å². The Morgan fingerprint density at radius 2 is 0.900 bits per heavy atom. The van der Waals surface area contributed by atoms with Crippen molar-refractivity contribution >= 4 is 22.1 Å². The predicted molar refractivity (Wildman–Crippen MR) is 118 cm³/mol. The summed E-state index contributed by atoms with van der Waals surface area (Å²) in [5, 5.41) is 0. The molecule has 6 rings (SSSR count). The van der Waals surface area contributed by atoms with E-state index >= 15 is 0 Å². The number of rotatable bonds is 3. The van der Waals surface area contributed by atoms with Crippen LogP contribution in [0.25, 0.3) is 56.0 Å². The van der Waals surface area contributed by atoms with Gasteiger partial charge >= 0.3 is 0 Å². The normalized spacial score (nSPS) is 11.3. The first-order chi connectivity index (χ1) is 14.9. The van der Waals surface area contributed by atoms with E-state index in [4.69, 9.17) is 9.97 Å². The smallest absolute Gasteiger partial charge is 0.0976 e. The Kier molecular flexibility index (Phi) is 3.67. The maximum absolute atomic E-state index is 4.89. The van der Waals surface area contributed by atoms with Gasteiger partial charge in [-0.25, -0.2) is 19.9 Å². The third-order valence-corrected chi connectivity index (χ3v) is 5.21. The number of para-hydroxylation sites is 2. The van der Waals surface area contributed by atoms with E-state index in [9.17, 15) is 0 Å². The van der Waals surface area contributed by atoms with Crippen molar-refractivity contribution in [3.05, 3.63) is 85.5 Å². The Hall–Kier alpha value is -4.32. The average Bonchev–Trinajstić information content (AvgIpc) is 3.48. The molecule has 6 heteroatoms. The van der Waals surface area contributed by atoms with Crippen molar-refractivity contribution in [1.29, 1.82) is 0 Å². The zero-order valence-corrected chi connectivity index (χ0v) is 15.9. The molecule has 4 aromatic heterocycles. The van der Waals surface area contributed by atoms with E-state index in [1.165, 1.54) is 0 Å². The molecule has 0 aliphatic heterocycles. The number of pyridine rings is 2. The first kappa shape index (κ1) is 16.6. The summed E-state index contributed by atoms with van der Waals surface area (Å²) in [4.78, 5) is 25.0. The molecular weight excluding hydrogens is 372 g/mol. The zero-order valence-electron chi connectivity index (χ0n) is 15.9. The van der Waals surface area contributed by atoms with Crippen LogP contribution in [0.4, 0.5) is 0 Å². The van der Waals surface area contributed by atoms with E-state index < -0.39 is 0 Å². The fourth-order valence-corrected chi connectivity index (χ4v) is 3.80. The van der Waals surface area contributed by atoms with Gasteiger partial charge in [0.25, 0.3) is 0 Å². The van der Waals surface area contributed by atoms with Gasteiger partial charge < -0.3 is 9.97 Å². The molecule has 142 valence electrons. The molecule has 2 aromatic carbocycles. The number of H-pyrrole nitrogens is 2. The second kappa shape index (κ2) is 6.63. The van der Waals surface area contributed by atoms with Gasteiger partial charge in [0, 0.05) is 11.1 Å². The van der Waals surface area contributed by atoms with Gasteiger partial charge in [-0.15, -0.1) is 0 Å². The Bertz CT molecular complexity index is 1400. The van der Waals surface area contributed by atoms with Crippen LogP contribution in [0.1, 0.15) is 0 Å². The number of imidazole rings is 2. The number of hydrogen-bond donors (Lipinski definition) is 2. The molecule has 4 heterocycles. The van der Waals surface area contributed by atoms with Gasteiger partial charge in [0.05, 0.1) is 57.5 Å². The molecule has 30 heavy (non-hydrogen) atoms. The van der Waals surface area contributed by atoms with E-state index in [0.29, 0.717) is 0 Å². The quantitative estimate of drug-likeness (QED) is 0.435. The molecule has 0 amide bonds. The van der Waals surface area contributed by atoms with Crippen LogP contribution in [0.3, 0.4) is 0 Å². The summed E-state index contributed by atoms with van der Waals surface area (Å²) >= 11 is 0. The second-order valence-corrected chi connectivity index (χ2v) is 7.02. The lowest BCUT2D eigenvalue weighted by molar-refractivity contribution is 1.25. The first-order valence-electron chi connectivity index (χ1n) is 9.66. The van der Waals surface area contributed by atoms with Gasteiger partial charge in [-0.05, 0) is 36.4 Å². The molecule has 0 unspecified atom stereocenters. The highest BCUT2D eigenvalue weighted by Gasteiger charge is 2.11. The first-order valence-corrected chi connectivity index (χ1v) is 9.66. The van der Waals surface area contributed by atoms with Crippen LogP contribution >= 0.6 is 0 Å². The third kappa shape index (κ3) is 2.66. The van der Waals surface area contributed by atoms with Crippen molar-refractivity contribution in [2.45, 2.75) is 0 Å². The summed E-state index contributed by atoms with van der Waals surface area (Å²) in [6.07, 6.45) is 3.41. The number of nitrogens with one attached hydrogen (secondary N) is 2. The second-order valence-electron chi connectivity index (χ2n) is 7.02. The lowest BCUT2D eigenvalue weighted by Gasteiger charge is -2.08. The molecule has 0 saturated carbocycles. The molecule has 0 bridgehead atoms. The van der Waals surface area contributed by atoms with Crippen LogP contribution in [0.5, 0.6) is 0 Å². The van der Waals surface area contributed by atoms with E-state index in [-0.39, 0.29) is 0 Å². The van der Waals surface area contributed by atoms with Gasteiger partial charge in [-0.2, -0.15) is 0 Å². The molecule has 6 nitrogen and oxygen atoms in total. The van der Waals surface area contributed by atoms with Crippen molar-refractivity contribution in [1.82, 2.24) is 29.9 Å². The van der Waals surface area contributed by atoms with Crippen LogP contribution in [-0.4, -0.2) is 29.9 Å². The third-order valence-electron chi connectivity index (χ3n) is 5.21. The summed E-state index contributed by atoms with van der Waals surface area (Å²) in [5.41, 5.74) is 9.16. The van der Waals surface area contributed by atoms with E-state index in [1.807, 2.05) is 72.8 Å². The predicted octanol–water partition coefficient (Wildman–Crippen LogP) is 5.23. The largest absolute Gasteiger partial charge is 0.345 e. The molecule has 2 N–H and O–H groups in total. The van der Waals surface area contributed by atoms with E-state index in [2.05, 4.69) is 19.9 Å². The maximum Gasteiger partial charge on any atom is 0.0976 e. The van der Waals surface area contributed by atoms with Crippen LogP contribution < -0.4 is 0 Å². The summed E-state index contributed by atoms with van der Waals surface area (Å²) < 4.78 is 0. The summed E-state index contributed by atoms with van der Waals surface area (Å²) in [6, 6.07) is 24.1. The highest BCUT2D eigenvalue weighted by atomic mass is 14.9. The van der Waals surface area contributed by atoms with Gasteiger partial charge in [0.2, 0.25) is 0 Å². The van der Waals surface area contributed by atoms with Gasteiger partial charge in [0.15, 0.2) is 0 Å². The highest BCUT2D eigenvalue weighted by molar-refractivity contribution is 5.92. The van der Waals surface area contributed by atoms with Gasteiger partial charge in [-0.1, -0.05) is 36.4 Å². The van der Waals surface area contributed by atoms with E-state index in [1.54, 1.807) is 12.7 Å². The van der Waals surface area contributed by atoms with Gasteiger partial charge in [0.1, 0.15) is 0 Å². The molecule has 0 spiro atoms. The Morgan fingerprint density at radius 3 is 1.40 bits per heavy atom. The Labute approximate surface area is 171 Å². The maximum atomic E-state index is 4.89. The SMILES string of the molecule is c1cc(-c2cccc(-c3cccc4[nH]cnc34)n2)nc(-c2cccc3[nH]cnc23)c1. The monoisotopic (exact) mass is 388 g/mol. The lowest BCUT2D eigenvalue weighted by Crippen LogP contribution is -1.93. The molecule has 0 aliphatic rings. The average molecular weight is 388 g/mol.